The van der Waals surface area contributed by atoms with Crippen LogP contribution in [0, 0.1) is 17.2 Å². The van der Waals surface area contributed by atoms with Crippen molar-refractivity contribution < 1.29 is 9.21 Å². The zero-order valence-corrected chi connectivity index (χ0v) is 13.3. The van der Waals surface area contributed by atoms with Gasteiger partial charge in [0.25, 0.3) is 5.91 Å². The van der Waals surface area contributed by atoms with Gasteiger partial charge in [-0.1, -0.05) is 18.5 Å². The maximum absolute atomic E-state index is 12.2. The van der Waals surface area contributed by atoms with Crippen molar-refractivity contribution in [2.75, 3.05) is 5.32 Å². The van der Waals surface area contributed by atoms with Crippen LogP contribution in [-0.2, 0) is 4.79 Å². The molecule has 1 aliphatic rings. The standard InChI is InChI=1S/C18H15ClN2O2/c1-11-8-16(11)17-7-6-15(23-17)9-12(10-20)18(22)21-14-4-2-13(19)3-5-14/h2-7,9,11,16H,8H2,1H3,(H,21,22)/b12-9+/t11-,16+/m1/s1. The Labute approximate surface area is 139 Å². The molecule has 1 amide bonds. The molecule has 3 rings (SSSR count). The van der Waals surface area contributed by atoms with Crippen molar-refractivity contribution in [3.05, 3.63) is 58.5 Å². The number of carbonyl (C=O) groups excluding carboxylic acids is 1. The van der Waals surface area contributed by atoms with Crippen LogP contribution < -0.4 is 5.32 Å². The molecule has 0 unspecified atom stereocenters. The van der Waals surface area contributed by atoms with Crippen LogP contribution in [-0.4, -0.2) is 5.91 Å². The minimum atomic E-state index is -0.479. The SMILES string of the molecule is C[C@@H]1C[C@@H]1c1ccc(/C=C(\C#N)C(=O)Nc2ccc(Cl)cc2)o1. The summed E-state index contributed by atoms with van der Waals surface area (Å²) in [4.78, 5) is 12.2. The highest BCUT2D eigenvalue weighted by Crippen LogP contribution is 2.47. The number of amides is 1. The summed E-state index contributed by atoms with van der Waals surface area (Å²) in [5.41, 5.74) is 0.567. The molecule has 1 fully saturated rings. The number of hydrogen-bond acceptors (Lipinski definition) is 3. The van der Waals surface area contributed by atoms with E-state index in [0.717, 1.165) is 12.2 Å². The molecule has 2 atom stereocenters. The lowest BCUT2D eigenvalue weighted by atomic mass is 10.2. The average molecular weight is 327 g/mol. The van der Waals surface area contributed by atoms with Crippen molar-refractivity contribution in [2.45, 2.75) is 19.3 Å². The molecule has 1 saturated carbocycles. The van der Waals surface area contributed by atoms with Crippen molar-refractivity contribution >= 4 is 29.3 Å². The number of benzene rings is 1. The molecular weight excluding hydrogens is 312 g/mol. The second kappa shape index (κ2) is 6.31. The highest BCUT2D eigenvalue weighted by molar-refractivity contribution is 6.30. The molecule has 1 heterocycles. The molecule has 1 N–H and O–H groups in total. The first kappa shape index (κ1) is 15.4. The highest BCUT2D eigenvalue weighted by atomic mass is 35.5. The van der Waals surface area contributed by atoms with Gasteiger partial charge in [-0.15, -0.1) is 0 Å². The lowest BCUT2D eigenvalue weighted by Crippen LogP contribution is -2.13. The number of nitrogens with zero attached hydrogens (tertiary/aromatic N) is 1. The van der Waals surface area contributed by atoms with Gasteiger partial charge in [-0.25, -0.2) is 0 Å². The van der Waals surface area contributed by atoms with E-state index in [4.69, 9.17) is 16.0 Å². The van der Waals surface area contributed by atoms with Gasteiger partial charge in [0.05, 0.1) is 0 Å². The number of rotatable bonds is 4. The quantitative estimate of drug-likeness (QED) is 0.659. The molecule has 23 heavy (non-hydrogen) atoms. The first-order valence-electron chi connectivity index (χ1n) is 7.35. The predicted octanol–water partition coefficient (Wildman–Crippen LogP) is 4.60. The third-order valence-corrected chi connectivity index (χ3v) is 4.13. The normalized spacial score (nSPS) is 20.0. The van der Waals surface area contributed by atoms with Gasteiger partial charge in [-0.3, -0.25) is 4.79 Å². The van der Waals surface area contributed by atoms with E-state index in [0.29, 0.717) is 28.3 Å². The average Bonchev–Trinajstić information content (AvgIpc) is 3.09. The Kier molecular flexibility index (Phi) is 4.22. The van der Waals surface area contributed by atoms with Crippen LogP contribution in [0.5, 0.6) is 0 Å². The third kappa shape index (κ3) is 3.64. The molecule has 0 spiro atoms. The van der Waals surface area contributed by atoms with Crippen molar-refractivity contribution in [1.82, 2.24) is 0 Å². The number of halogens is 1. The summed E-state index contributed by atoms with van der Waals surface area (Å²) in [5, 5.41) is 12.4. The number of anilines is 1. The molecular formula is C18H15ClN2O2. The number of carbonyl (C=O) groups is 1. The van der Waals surface area contributed by atoms with Crippen molar-refractivity contribution in [2.24, 2.45) is 5.92 Å². The summed E-state index contributed by atoms with van der Waals surface area (Å²) in [6.07, 6.45) is 2.58. The molecule has 1 aromatic heterocycles. The molecule has 0 saturated heterocycles. The summed E-state index contributed by atoms with van der Waals surface area (Å²) >= 11 is 5.80. The van der Waals surface area contributed by atoms with E-state index in [1.54, 1.807) is 30.3 Å². The smallest absolute Gasteiger partial charge is 0.266 e. The second-order valence-electron chi connectivity index (χ2n) is 5.69. The largest absolute Gasteiger partial charge is 0.461 e. The predicted molar refractivity (Wildman–Crippen MR) is 88.9 cm³/mol. The van der Waals surface area contributed by atoms with Crippen LogP contribution in [0.2, 0.25) is 5.02 Å². The minimum absolute atomic E-state index is 0.00954. The van der Waals surface area contributed by atoms with Crippen LogP contribution in [0.15, 0.2) is 46.4 Å². The first-order chi connectivity index (χ1) is 11.1. The Morgan fingerprint density at radius 1 is 1.35 bits per heavy atom. The molecule has 116 valence electrons. The number of hydrogen-bond donors (Lipinski definition) is 1. The Morgan fingerprint density at radius 3 is 2.65 bits per heavy atom. The van der Waals surface area contributed by atoms with Gasteiger partial charge in [0.15, 0.2) is 0 Å². The van der Waals surface area contributed by atoms with Crippen LogP contribution in [0.1, 0.15) is 30.8 Å². The van der Waals surface area contributed by atoms with E-state index in [9.17, 15) is 10.1 Å². The van der Waals surface area contributed by atoms with Gasteiger partial charge in [0.1, 0.15) is 23.2 Å². The van der Waals surface area contributed by atoms with E-state index in [1.807, 2.05) is 12.1 Å². The van der Waals surface area contributed by atoms with E-state index < -0.39 is 5.91 Å². The van der Waals surface area contributed by atoms with Gasteiger partial charge >= 0.3 is 0 Å². The second-order valence-corrected chi connectivity index (χ2v) is 6.13. The van der Waals surface area contributed by atoms with Crippen molar-refractivity contribution in [1.29, 1.82) is 5.26 Å². The van der Waals surface area contributed by atoms with E-state index in [2.05, 4.69) is 12.2 Å². The molecule has 0 radical (unpaired) electrons. The van der Waals surface area contributed by atoms with Gasteiger partial charge in [-0.05, 0) is 48.7 Å². The zero-order chi connectivity index (χ0) is 16.4. The number of nitrogens with one attached hydrogen (secondary N) is 1. The highest BCUT2D eigenvalue weighted by Gasteiger charge is 2.36. The minimum Gasteiger partial charge on any atom is -0.461 e. The first-order valence-corrected chi connectivity index (χ1v) is 7.73. The van der Waals surface area contributed by atoms with Crippen LogP contribution in [0.3, 0.4) is 0 Å². The Bertz CT molecular complexity index is 799. The molecule has 2 aromatic rings. The number of nitriles is 1. The monoisotopic (exact) mass is 326 g/mol. The maximum Gasteiger partial charge on any atom is 0.266 e. The van der Waals surface area contributed by atoms with Crippen LogP contribution in [0.25, 0.3) is 6.08 Å². The fourth-order valence-electron chi connectivity index (χ4n) is 2.39. The van der Waals surface area contributed by atoms with E-state index in [1.165, 1.54) is 6.08 Å². The summed E-state index contributed by atoms with van der Waals surface area (Å²) in [6.45, 7) is 2.17. The fourth-order valence-corrected chi connectivity index (χ4v) is 2.51. The molecule has 1 aliphatic carbocycles. The Balaban J connectivity index is 1.73. The van der Waals surface area contributed by atoms with E-state index >= 15 is 0 Å². The molecule has 0 bridgehead atoms. The molecule has 4 nitrogen and oxygen atoms in total. The van der Waals surface area contributed by atoms with Gasteiger partial charge in [-0.2, -0.15) is 5.26 Å². The van der Waals surface area contributed by atoms with Crippen LogP contribution in [0.4, 0.5) is 5.69 Å². The van der Waals surface area contributed by atoms with Crippen molar-refractivity contribution in [3.63, 3.8) is 0 Å². The Hall–Kier alpha value is -2.51. The van der Waals surface area contributed by atoms with Gasteiger partial charge in [0.2, 0.25) is 0 Å². The van der Waals surface area contributed by atoms with Crippen molar-refractivity contribution in [3.8, 4) is 6.07 Å². The maximum atomic E-state index is 12.2. The third-order valence-electron chi connectivity index (χ3n) is 3.88. The fraction of sp³-hybridized carbons (Fsp3) is 0.222. The summed E-state index contributed by atoms with van der Waals surface area (Å²) < 4.78 is 5.70. The molecule has 5 heteroatoms. The lowest BCUT2D eigenvalue weighted by molar-refractivity contribution is -0.112. The van der Waals surface area contributed by atoms with Gasteiger partial charge in [0, 0.05) is 22.7 Å². The summed E-state index contributed by atoms with van der Waals surface area (Å²) in [7, 11) is 0. The summed E-state index contributed by atoms with van der Waals surface area (Å²) in [6, 6.07) is 12.3. The molecule has 1 aromatic carbocycles. The summed E-state index contributed by atoms with van der Waals surface area (Å²) in [5.74, 6) is 2.06. The Morgan fingerprint density at radius 2 is 2.04 bits per heavy atom. The zero-order valence-electron chi connectivity index (χ0n) is 12.5. The van der Waals surface area contributed by atoms with Gasteiger partial charge < -0.3 is 9.73 Å². The van der Waals surface area contributed by atoms with E-state index in [-0.39, 0.29) is 5.57 Å². The molecule has 0 aliphatic heterocycles. The number of furan rings is 1. The lowest BCUT2D eigenvalue weighted by Gasteiger charge is -2.03. The van der Waals surface area contributed by atoms with Crippen LogP contribution >= 0.6 is 11.6 Å². The topological polar surface area (TPSA) is 66.0 Å².